The van der Waals surface area contributed by atoms with Crippen LogP contribution >= 0.6 is 0 Å². The maximum atomic E-state index is 11.1. The first-order valence-electron chi connectivity index (χ1n) is 5.03. The van der Waals surface area contributed by atoms with Crippen molar-refractivity contribution in [2.75, 3.05) is 5.32 Å². The van der Waals surface area contributed by atoms with Crippen LogP contribution in [0.2, 0.25) is 0 Å². The molecule has 14 heavy (non-hydrogen) atoms. The van der Waals surface area contributed by atoms with Crippen LogP contribution in [0.25, 0.3) is 0 Å². The number of anilines is 1. The van der Waals surface area contributed by atoms with Crippen LogP contribution < -0.4 is 5.32 Å². The fourth-order valence-corrected chi connectivity index (χ4v) is 0.887. The Hall–Kier alpha value is -1.38. The molecular formula is C11H18N2O. The summed E-state index contributed by atoms with van der Waals surface area (Å²) in [6.45, 7) is 5.98. The summed E-state index contributed by atoms with van der Waals surface area (Å²) >= 11 is 0. The Kier molecular flexibility index (Phi) is 7.42. The SMILES string of the molecule is CC.CCCC(=O)Nc1cccnc1. The van der Waals surface area contributed by atoms with E-state index in [1.54, 1.807) is 18.5 Å². The first-order chi connectivity index (χ1) is 6.83. The lowest BCUT2D eigenvalue weighted by atomic mass is 10.3. The molecule has 0 radical (unpaired) electrons. The second-order valence-electron chi connectivity index (χ2n) is 2.54. The Morgan fingerprint density at radius 1 is 1.50 bits per heavy atom. The first kappa shape index (κ1) is 12.6. The number of carbonyl (C=O) groups excluding carboxylic acids is 1. The summed E-state index contributed by atoms with van der Waals surface area (Å²) in [4.78, 5) is 15.0. The van der Waals surface area contributed by atoms with E-state index in [2.05, 4.69) is 10.3 Å². The van der Waals surface area contributed by atoms with Crippen molar-refractivity contribution < 1.29 is 4.79 Å². The lowest BCUT2D eigenvalue weighted by Gasteiger charge is -2.01. The molecule has 0 spiro atoms. The molecule has 1 heterocycles. The average molecular weight is 194 g/mol. The van der Waals surface area contributed by atoms with E-state index >= 15 is 0 Å². The van der Waals surface area contributed by atoms with Crippen LogP contribution in [-0.2, 0) is 4.79 Å². The van der Waals surface area contributed by atoms with Crippen molar-refractivity contribution in [2.24, 2.45) is 0 Å². The molecule has 1 N–H and O–H groups in total. The van der Waals surface area contributed by atoms with Gasteiger partial charge in [-0.05, 0) is 18.6 Å². The van der Waals surface area contributed by atoms with E-state index in [4.69, 9.17) is 0 Å². The number of nitrogens with zero attached hydrogens (tertiary/aromatic N) is 1. The van der Waals surface area contributed by atoms with Crippen molar-refractivity contribution >= 4 is 11.6 Å². The second-order valence-corrected chi connectivity index (χ2v) is 2.54. The van der Waals surface area contributed by atoms with E-state index in [-0.39, 0.29) is 5.91 Å². The molecule has 3 heteroatoms. The molecule has 0 saturated carbocycles. The minimum atomic E-state index is 0.0468. The number of amides is 1. The van der Waals surface area contributed by atoms with Gasteiger partial charge in [0, 0.05) is 12.6 Å². The Morgan fingerprint density at radius 2 is 2.21 bits per heavy atom. The van der Waals surface area contributed by atoms with Crippen LogP contribution in [0, 0.1) is 0 Å². The molecule has 0 atom stereocenters. The molecule has 1 amide bonds. The quantitative estimate of drug-likeness (QED) is 0.803. The minimum absolute atomic E-state index is 0.0468. The van der Waals surface area contributed by atoms with Gasteiger partial charge in [-0.2, -0.15) is 0 Å². The predicted octanol–water partition coefficient (Wildman–Crippen LogP) is 2.85. The van der Waals surface area contributed by atoms with Gasteiger partial charge in [0.2, 0.25) is 5.91 Å². The Labute approximate surface area is 85.6 Å². The fourth-order valence-electron chi connectivity index (χ4n) is 0.887. The zero-order chi connectivity index (χ0) is 10.8. The largest absolute Gasteiger partial charge is 0.325 e. The van der Waals surface area contributed by atoms with E-state index in [0.29, 0.717) is 6.42 Å². The number of rotatable bonds is 3. The maximum Gasteiger partial charge on any atom is 0.224 e. The highest BCUT2D eigenvalue weighted by Gasteiger charge is 1.98. The monoisotopic (exact) mass is 194 g/mol. The van der Waals surface area contributed by atoms with Gasteiger partial charge < -0.3 is 5.32 Å². The van der Waals surface area contributed by atoms with Gasteiger partial charge >= 0.3 is 0 Å². The zero-order valence-electron chi connectivity index (χ0n) is 9.08. The molecule has 0 aliphatic heterocycles. The molecule has 1 aromatic rings. The van der Waals surface area contributed by atoms with Crippen molar-refractivity contribution in [3.63, 3.8) is 0 Å². The smallest absolute Gasteiger partial charge is 0.224 e. The van der Waals surface area contributed by atoms with Crippen LogP contribution in [0.5, 0.6) is 0 Å². The predicted molar refractivity (Wildman–Crippen MR) is 59.1 cm³/mol. The highest BCUT2D eigenvalue weighted by atomic mass is 16.1. The highest BCUT2D eigenvalue weighted by Crippen LogP contribution is 2.03. The van der Waals surface area contributed by atoms with Crippen LogP contribution in [0.3, 0.4) is 0 Å². The van der Waals surface area contributed by atoms with Crippen molar-refractivity contribution in [1.82, 2.24) is 4.98 Å². The molecule has 1 rings (SSSR count). The van der Waals surface area contributed by atoms with E-state index < -0.39 is 0 Å². The number of aromatic nitrogens is 1. The molecule has 0 unspecified atom stereocenters. The van der Waals surface area contributed by atoms with Gasteiger partial charge in [0.15, 0.2) is 0 Å². The van der Waals surface area contributed by atoms with Crippen molar-refractivity contribution in [1.29, 1.82) is 0 Å². The van der Waals surface area contributed by atoms with Crippen LogP contribution in [0.4, 0.5) is 5.69 Å². The summed E-state index contributed by atoms with van der Waals surface area (Å²) in [6, 6.07) is 3.61. The van der Waals surface area contributed by atoms with E-state index in [0.717, 1.165) is 12.1 Å². The van der Waals surface area contributed by atoms with Crippen molar-refractivity contribution in [3.05, 3.63) is 24.5 Å². The fraction of sp³-hybridized carbons (Fsp3) is 0.455. The summed E-state index contributed by atoms with van der Waals surface area (Å²) < 4.78 is 0. The average Bonchev–Trinajstić information content (AvgIpc) is 2.22. The van der Waals surface area contributed by atoms with Crippen molar-refractivity contribution in [3.8, 4) is 0 Å². The molecule has 0 aliphatic rings. The van der Waals surface area contributed by atoms with Gasteiger partial charge in [0.1, 0.15) is 0 Å². The van der Waals surface area contributed by atoms with Crippen LogP contribution in [0.15, 0.2) is 24.5 Å². The third-order valence-corrected chi connectivity index (χ3v) is 1.42. The van der Waals surface area contributed by atoms with E-state index in [1.165, 1.54) is 0 Å². The Balaban J connectivity index is 0.000000791. The van der Waals surface area contributed by atoms with E-state index in [9.17, 15) is 4.79 Å². The summed E-state index contributed by atoms with van der Waals surface area (Å²) in [5.74, 6) is 0.0468. The molecule has 78 valence electrons. The standard InChI is InChI=1S/C9H12N2O.C2H6/c1-2-4-9(12)11-8-5-3-6-10-7-8;1-2/h3,5-7H,2,4H2,1H3,(H,11,12);1-2H3. The lowest BCUT2D eigenvalue weighted by Crippen LogP contribution is -2.10. The van der Waals surface area contributed by atoms with Crippen LogP contribution in [0.1, 0.15) is 33.6 Å². The highest BCUT2D eigenvalue weighted by molar-refractivity contribution is 5.90. The van der Waals surface area contributed by atoms with Gasteiger partial charge in [-0.25, -0.2) is 0 Å². The number of carbonyl (C=O) groups is 1. The van der Waals surface area contributed by atoms with E-state index in [1.807, 2.05) is 26.8 Å². The second kappa shape index (κ2) is 8.23. The van der Waals surface area contributed by atoms with Gasteiger partial charge in [-0.3, -0.25) is 9.78 Å². The third kappa shape index (κ3) is 5.30. The number of nitrogens with one attached hydrogen (secondary N) is 1. The number of hydrogen-bond acceptors (Lipinski definition) is 2. The van der Waals surface area contributed by atoms with Gasteiger partial charge in [0.25, 0.3) is 0 Å². The Bertz CT molecular complexity index is 247. The number of pyridine rings is 1. The molecule has 0 bridgehead atoms. The zero-order valence-corrected chi connectivity index (χ0v) is 9.08. The molecule has 1 aromatic heterocycles. The lowest BCUT2D eigenvalue weighted by molar-refractivity contribution is -0.116. The normalized spacial score (nSPS) is 8.50. The topological polar surface area (TPSA) is 42.0 Å². The van der Waals surface area contributed by atoms with Crippen LogP contribution in [-0.4, -0.2) is 10.9 Å². The first-order valence-corrected chi connectivity index (χ1v) is 5.03. The summed E-state index contributed by atoms with van der Waals surface area (Å²) in [5.41, 5.74) is 0.760. The minimum Gasteiger partial charge on any atom is -0.325 e. The molecule has 0 saturated heterocycles. The molecule has 0 fully saturated rings. The van der Waals surface area contributed by atoms with Gasteiger partial charge in [-0.1, -0.05) is 20.8 Å². The van der Waals surface area contributed by atoms with Gasteiger partial charge in [-0.15, -0.1) is 0 Å². The Morgan fingerprint density at radius 3 is 2.71 bits per heavy atom. The third-order valence-electron chi connectivity index (χ3n) is 1.42. The molecule has 0 aromatic carbocycles. The summed E-state index contributed by atoms with van der Waals surface area (Å²) in [5, 5.41) is 2.74. The molecular weight excluding hydrogens is 176 g/mol. The summed E-state index contributed by atoms with van der Waals surface area (Å²) in [7, 11) is 0. The molecule has 0 aliphatic carbocycles. The van der Waals surface area contributed by atoms with Gasteiger partial charge in [0.05, 0.1) is 11.9 Å². The number of hydrogen-bond donors (Lipinski definition) is 1. The van der Waals surface area contributed by atoms with Crippen molar-refractivity contribution in [2.45, 2.75) is 33.6 Å². The maximum absolute atomic E-state index is 11.1. The molecule has 3 nitrogen and oxygen atoms in total. The summed E-state index contributed by atoms with van der Waals surface area (Å²) in [6.07, 6.45) is 4.74.